The number of pyridine rings is 1. The molecule has 0 atom stereocenters. The van der Waals surface area contributed by atoms with E-state index in [1.54, 1.807) is 19.4 Å². The van der Waals surface area contributed by atoms with Gasteiger partial charge in [0.15, 0.2) is 5.82 Å². The number of anilines is 1. The van der Waals surface area contributed by atoms with Crippen molar-refractivity contribution in [3.63, 3.8) is 0 Å². The van der Waals surface area contributed by atoms with Gasteiger partial charge < -0.3 is 10.2 Å². The van der Waals surface area contributed by atoms with E-state index in [1.165, 1.54) is 11.3 Å². The van der Waals surface area contributed by atoms with E-state index in [0.717, 1.165) is 68.9 Å². The van der Waals surface area contributed by atoms with Crippen LogP contribution in [0.15, 0.2) is 24.5 Å². The highest BCUT2D eigenvalue weighted by molar-refractivity contribution is 5.77. The Balaban J connectivity index is 1.46. The number of hydrogen-bond donors (Lipinski definition) is 1. The van der Waals surface area contributed by atoms with E-state index < -0.39 is 0 Å². The lowest BCUT2D eigenvalue weighted by atomic mass is 9.96. The molecule has 4 rings (SSSR count). The number of nitrogens with one attached hydrogen (secondary N) is 1. The molecule has 0 aromatic carbocycles. The molecule has 7 nitrogen and oxygen atoms in total. The quantitative estimate of drug-likeness (QED) is 0.807. The smallest absolute Gasteiger partial charge is 0.233 e. The molecular weight excluding hydrogens is 364 g/mol. The third kappa shape index (κ3) is 4.56. The van der Waals surface area contributed by atoms with Gasteiger partial charge in [-0.25, -0.2) is 9.97 Å². The molecule has 0 spiro atoms. The molecule has 0 unspecified atom stereocenters. The largest absolute Gasteiger partial charge is 0.359 e. The average molecular weight is 395 g/mol. The molecule has 1 saturated heterocycles. The minimum atomic E-state index is 0.0979. The molecule has 0 saturated carbocycles. The lowest BCUT2D eigenvalue weighted by Gasteiger charge is -2.34. The van der Waals surface area contributed by atoms with E-state index in [1.807, 2.05) is 12.1 Å². The maximum atomic E-state index is 11.6. The number of carbonyl (C=O) groups excluding carboxylic acids is 1. The van der Waals surface area contributed by atoms with E-state index >= 15 is 0 Å². The number of likely N-dealkylation sites (tertiary alicyclic amines) is 1. The third-order valence-corrected chi connectivity index (χ3v) is 6.10. The van der Waals surface area contributed by atoms with Crippen LogP contribution in [0.1, 0.15) is 30.5 Å². The molecule has 0 bridgehead atoms. The second-order valence-corrected chi connectivity index (χ2v) is 8.16. The van der Waals surface area contributed by atoms with Gasteiger partial charge in [-0.3, -0.25) is 14.7 Å². The van der Waals surface area contributed by atoms with Crippen molar-refractivity contribution in [1.29, 1.82) is 0 Å². The summed E-state index contributed by atoms with van der Waals surface area (Å²) in [6.45, 7) is 3.47. The summed E-state index contributed by atoms with van der Waals surface area (Å²) >= 11 is 0. The van der Waals surface area contributed by atoms with Crippen LogP contribution in [0.4, 0.5) is 5.82 Å². The first-order valence-electron chi connectivity index (χ1n) is 10.6. The summed E-state index contributed by atoms with van der Waals surface area (Å²) in [5.74, 6) is 2.61. The topological polar surface area (TPSA) is 74.2 Å². The van der Waals surface area contributed by atoms with Crippen LogP contribution in [0.5, 0.6) is 0 Å². The van der Waals surface area contributed by atoms with Crippen molar-refractivity contribution in [2.45, 2.75) is 32.1 Å². The Morgan fingerprint density at radius 2 is 1.97 bits per heavy atom. The average Bonchev–Trinajstić information content (AvgIpc) is 3.23. The molecule has 2 aromatic rings. The molecule has 1 fully saturated rings. The Bertz CT molecular complexity index is 848. The van der Waals surface area contributed by atoms with Gasteiger partial charge in [0, 0.05) is 49.9 Å². The fraction of sp³-hybridized carbons (Fsp3) is 0.545. The first-order valence-corrected chi connectivity index (χ1v) is 10.6. The van der Waals surface area contributed by atoms with Gasteiger partial charge in [-0.1, -0.05) is 0 Å². The molecule has 2 aliphatic rings. The number of piperidine rings is 1. The number of amides is 1. The fourth-order valence-electron chi connectivity index (χ4n) is 4.44. The van der Waals surface area contributed by atoms with Crippen molar-refractivity contribution in [3.8, 4) is 11.4 Å². The van der Waals surface area contributed by atoms with E-state index in [4.69, 9.17) is 9.97 Å². The SMILES string of the molecule is CNC(=O)CN1CCC(CN(C)c2nc(-c3ccncc3)nc3c2CCC3)CC1. The molecule has 2 aromatic heterocycles. The van der Waals surface area contributed by atoms with Gasteiger partial charge in [0.2, 0.25) is 5.91 Å². The zero-order valence-corrected chi connectivity index (χ0v) is 17.4. The Kier molecular flexibility index (Phi) is 6.04. The number of rotatable bonds is 6. The Labute approximate surface area is 172 Å². The summed E-state index contributed by atoms with van der Waals surface area (Å²) in [6.07, 6.45) is 9.08. The molecule has 7 heteroatoms. The minimum Gasteiger partial charge on any atom is -0.359 e. The second kappa shape index (κ2) is 8.86. The summed E-state index contributed by atoms with van der Waals surface area (Å²) in [7, 11) is 3.86. The lowest BCUT2D eigenvalue weighted by molar-refractivity contribution is -0.122. The Morgan fingerprint density at radius 3 is 2.69 bits per heavy atom. The molecular formula is C22H30N6O. The number of likely N-dealkylation sites (N-methyl/N-ethyl adjacent to an activating group) is 1. The highest BCUT2D eigenvalue weighted by Gasteiger charge is 2.25. The summed E-state index contributed by atoms with van der Waals surface area (Å²) in [4.78, 5) is 30.1. The highest BCUT2D eigenvalue weighted by atomic mass is 16.1. The second-order valence-electron chi connectivity index (χ2n) is 8.16. The van der Waals surface area contributed by atoms with E-state index in [-0.39, 0.29) is 5.91 Å². The van der Waals surface area contributed by atoms with Crippen LogP contribution in [0.2, 0.25) is 0 Å². The van der Waals surface area contributed by atoms with Crippen molar-refractivity contribution >= 4 is 11.7 Å². The predicted molar refractivity (Wildman–Crippen MR) is 114 cm³/mol. The summed E-state index contributed by atoms with van der Waals surface area (Å²) in [5.41, 5.74) is 3.54. The van der Waals surface area contributed by atoms with E-state index in [2.05, 4.69) is 27.1 Å². The van der Waals surface area contributed by atoms with Crippen LogP contribution in [-0.4, -0.2) is 66.0 Å². The first kappa shape index (κ1) is 19.8. The summed E-state index contributed by atoms with van der Waals surface area (Å²) in [5, 5.41) is 2.71. The molecule has 0 radical (unpaired) electrons. The number of hydrogen-bond acceptors (Lipinski definition) is 6. The van der Waals surface area contributed by atoms with Crippen LogP contribution in [0, 0.1) is 5.92 Å². The summed E-state index contributed by atoms with van der Waals surface area (Å²) in [6, 6.07) is 3.95. The number of fused-ring (bicyclic) bond motifs is 1. The van der Waals surface area contributed by atoms with Gasteiger partial charge in [0.1, 0.15) is 5.82 Å². The van der Waals surface area contributed by atoms with Gasteiger partial charge in [-0.2, -0.15) is 0 Å². The first-order chi connectivity index (χ1) is 14.1. The molecule has 3 heterocycles. The summed E-state index contributed by atoms with van der Waals surface area (Å²) < 4.78 is 0. The van der Waals surface area contributed by atoms with Gasteiger partial charge in [0.05, 0.1) is 6.54 Å². The van der Waals surface area contributed by atoms with Crippen LogP contribution in [0.25, 0.3) is 11.4 Å². The predicted octanol–water partition coefficient (Wildman–Crippen LogP) is 1.92. The minimum absolute atomic E-state index is 0.0979. The van der Waals surface area contributed by atoms with Crippen LogP contribution in [0.3, 0.4) is 0 Å². The third-order valence-electron chi connectivity index (χ3n) is 6.10. The highest BCUT2D eigenvalue weighted by Crippen LogP contribution is 2.32. The van der Waals surface area contributed by atoms with Crippen LogP contribution >= 0.6 is 0 Å². The van der Waals surface area contributed by atoms with Crippen molar-refractivity contribution in [2.24, 2.45) is 5.92 Å². The van der Waals surface area contributed by atoms with Crippen molar-refractivity contribution < 1.29 is 4.79 Å². The van der Waals surface area contributed by atoms with Crippen molar-refractivity contribution in [1.82, 2.24) is 25.2 Å². The van der Waals surface area contributed by atoms with Crippen LogP contribution < -0.4 is 10.2 Å². The number of aromatic nitrogens is 3. The number of carbonyl (C=O) groups is 1. The van der Waals surface area contributed by atoms with Gasteiger partial charge in [-0.15, -0.1) is 0 Å². The molecule has 1 N–H and O–H groups in total. The standard InChI is InChI=1S/C22H30N6O/c1-23-20(29)15-28-12-8-16(9-13-28)14-27(2)22-18-4-3-5-19(18)25-21(26-22)17-6-10-24-11-7-17/h6-7,10-11,16H,3-5,8-9,12-15H2,1-2H3,(H,23,29). The van der Waals surface area contributed by atoms with Gasteiger partial charge in [-0.05, 0) is 63.2 Å². The van der Waals surface area contributed by atoms with Crippen molar-refractivity contribution in [2.75, 3.05) is 45.2 Å². The zero-order chi connectivity index (χ0) is 20.2. The monoisotopic (exact) mass is 394 g/mol. The molecule has 1 aliphatic carbocycles. The Hall–Kier alpha value is -2.54. The Morgan fingerprint density at radius 1 is 1.21 bits per heavy atom. The molecule has 154 valence electrons. The van der Waals surface area contributed by atoms with Crippen molar-refractivity contribution in [3.05, 3.63) is 35.8 Å². The number of nitrogens with zero attached hydrogens (tertiary/aromatic N) is 5. The molecule has 1 aliphatic heterocycles. The number of aryl methyl sites for hydroxylation is 1. The maximum Gasteiger partial charge on any atom is 0.233 e. The lowest BCUT2D eigenvalue weighted by Crippen LogP contribution is -2.42. The fourth-order valence-corrected chi connectivity index (χ4v) is 4.44. The van der Waals surface area contributed by atoms with E-state index in [0.29, 0.717) is 12.5 Å². The van der Waals surface area contributed by atoms with Gasteiger partial charge in [0.25, 0.3) is 0 Å². The zero-order valence-electron chi connectivity index (χ0n) is 17.4. The normalized spacial score (nSPS) is 17.2. The molecule has 29 heavy (non-hydrogen) atoms. The molecule has 1 amide bonds. The van der Waals surface area contributed by atoms with Crippen LogP contribution in [-0.2, 0) is 17.6 Å². The van der Waals surface area contributed by atoms with E-state index in [9.17, 15) is 4.79 Å². The maximum absolute atomic E-state index is 11.6. The van der Waals surface area contributed by atoms with Gasteiger partial charge >= 0.3 is 0 Å².